The largest absolute Gasteiger partial charge is 0.495 e. The van der Waals surface area contributed by atoms with Gasteiger partial charge < -0.3 is 29.5 Å². The fourth-order valence-electron chi connectivity index (χ4n) is 6.18. The molecule has 5 rings (SSSR count). The fraction of sp³-hybridized carbons (Fsp3) is 0.341. The first-order valence-electron chi connectivity index (χ1n) is 17.3. The molecule has 0 spiro atoms. The van der Waals surface area contributed by atoms with E-state index in [0.717, 1.165) is 67.7 Å². The molecule has 3 amide bonds. The molecule has 50 heavy (non-hydrogen) atoms. The van der Waals surface area contributed by atoms with Gasteiger partial charge in [0.25, 0.3) is 11.8 Å². The normalized spacial score (nSPS) is 13.1. The molecule has 4 aromatic rings. The number of carbonyl (C=O) groups is 3. The van der Waals surface area contributed by atoms with Crippen LogP contribution >= 0.6 is 0 Å². The van der Waals surface area contributed by atoms with Crippen LogP contribution in [0.25, 0.3) is 11.1 Å². The van der Waals surface area contributed by atoms with Crippen molar-refractivity contribution in [1.29, 1.82) is 0 Å². The third-order valence-corrected chi connectivity index (χ3v) is 9.23. The predicted molar refractivity (Wildman–Crippen MR) is 200 cm³/mol. The maximum atomic E-state index is 13.8. The number of unbranched alkanes of at least 4 members (excludes halogenated alkanes) is 2. The van der Waals surface area contributed by atoms with E-state index >= 15 is 0 Å². The summed E-state index contributed by atoms with van der Waals surface area (Å²) in [5.74, 6) is 0.703. The van der Waals surface area contributed by atoms with Crippen molar-refractivity contribution in [3.05, 3.63) is 107 Å². The smallest absolute Gasteiger partial charge is 0.258 e. The first-order chi connectivity index (χ1) is 24.2. The summed E-state index contributed by atoms with van der Waals surface area (Å²) in [6.45, 7) is 7.95. The van der Waals surface area contributed by atoms with E-state index in [1.165, 1.54) is 7.11 Å². The topological polar surface area (TPSA) is 91.4 Å². The van der Waals surface area contributed by atoms with Gasteiger partial charge in [0.2, 0.25) is 5.91 Å². The van der Waals surface area contributed by atoms with Crippen LogP contribution in [0.1, 0.15) is 57.5 Å². The molecule has 1 aliphatic heterocycles. The Bertz CT molecular complexity index is 1810. The molecule has 0 atom stereocenters. The Kier molecular flexibility index (Phi) is 12.3. The Morgan fingerprint density at radius 1 is 0.800 bits per heavy atom. The number of hydrogen-bond donors (Lipinski definition) is 1. The lowest BCUT2D eigenvalue weighted by atomic mass is 9.95. The van der Waals surface area contributed by atoms with Crippen LogP contribution < -0.4 is 19.7 Å². The highest BCUT2D eigenvalue weighted by Crippen LogP contribution is 2.33. The van der Waals surface area contributed by atoms with E-state index < -0.39 is 0 Å². The number of amides is 3. The molecular weight excluding hydrogens is 628 g/mol. The van der Waals surface area contributed by atoms with Crippen LogP contribution in [0, 0.1) is 13.8 Å². The molecule has 1 aliphatic rings. The number of methoxy groups -OCH3 is 1. The van der Waals surface area contributed by atoms with Gasteiger partial charge in [-0.1, -0.05) is 48.5 Å². The second-order valence-corrected chi connectivity index (χ2v) is 12.9. The van der Waals surface area contributed by atoms with Gasteiger partial charge in [-0.05, 0) is 98.8 Å². The molecule has 1 N–H and O–H groups in total. The van der Waals surface area contributed by atoms with E-state index in [2.05, 4.69) is 17.3 Å². The van der Waals surface area contributed by atoms with Crippen LogP contribution in [0.5, 0.6) is 11.5 Å². The van der Waals surface area contributed by atoms with Gasteiger partial charge >= 0.3 is 0 Å². The van der Waals surface area contributed by atoms with Gasteiger partial charge in [0, 0.05) is 50.8 Å². The Labute approximate surface area is 295 Å². The van der Waals surface area contributed by atoms with Gasteiger partial charge in [-0.25, -0.2) is 0 Å². The number of likely N-dealkylation sites (N-methyl/N-ethyl adjacent to an activating group) is 1. The third-order valence-electron chi connectivity index (χ3n) is 9.23. The predicted octanol–water partition coefficient (Wildman–Crippen LogP) is 7.22. The zero-order chi connectivity index (χ0) is 35.6. The standard InChI is InChI=1S/C41H48N4O5/c1-29-18-21-36(38(27-29)50-26-12-6-7-17-39(46)45-24-22-43(3)23-25-45)44(4)41(48)31-19-20-35(37(28-31)49-5)42-40(47)34-16-11-10-15-33(34)32-14-9-8-13-30(32)2/h8-11,13-16,18-21,27-28H,6-7,12,17,22-26H2,1-5H3,(H,42,47). The van der Waals surface area contributed by atoms with Gasteiger partial charge in [0.05, 0.1) is 25.1 Å². The van der Waals surface area contributed by atoms with E-state index in [1.807, 2.05) is 79.4 Å². The average molecular weight is 677 g/mol. The lowest BCUT2D eigenvalue weighted by Gasteiger charge is -2.32. The lowest BCUT2D eigenvalue weighted by molar-refractivity contribution is -0.132. The zero-order valence-corrected chi connectivity index (χ0v) is 29.8. The number of hydrogen-bond acceptors (Lipinski definition) is 6. The highest BCUT2D eigenvalue weighted by Gasteiger charge is 2.22. The Hall–Kier alpha value is -5.15. The first-order valence-corrected chi connectivity index (χ1v) is 17.3. The number of anilines is 2. The zero-order valence-electron chi connectivity index (χ0n) is 29.8. The minimum absolute atomic E-state index is 0.232. The average Bonchev–Trinajstić information content (AvgIpc) is 3.13. The van der Waals surface area contributed by atoms with Gasteiger partial charge in [0.1, 0.15) is 11.5 Å². The number of carbonyl (C=O) groups excluding carboxylic acids is 3. The van der Waals surface area contributed by atoms with Crippen molar-refractivity contribution >= 4 is 29.1 Å². The number of rotatable bonds is 13. The van der Waals surface area contributed by atoms with Gasteiger partial charge in [-0.15, -0.1) is 0 Å². The van der Waals surface area contributed by atoms with Crippen LogP contribution in [0.4, 0.5) is 11.4 Å². The van der Waals surface area contributed by atoms with Crippen molar-refractivity contribution in [2.45, 2.75) is 39.5 Å². The number of benzene rings is 4. The van der Waals surface area contributed by atoms with Gasteiger partial charge in [-0.3, -0.25) is 14.4 Å². The summed E-state index contributed by atoms with van der Waals surface area (Å²) in [6, 6.07) is 26.2. The molecule has 1 heterocycles. The molecule has 1 fully saturated rings. The number of nitrogens with one attached hydrogen (secondary N) is 1. The number of ether oxygens (including phenoxy) is 2. The number of nitrogens with zero attached hydrogens (tertiary/aromatic N) is 3. The molecule has 262 valence electrons. The molecule has 4 aromatic carbocycles. The maximum absolute atomic E-state index is 13.8. The van der Waals surface area contributed by atoms with E-state index in [0.29, 0.717) is 47.0 Å². The van der Waals surface area contributed by atoms with Crippen molar-refractivity contribution in [2.24, 2.45) is 0 Å². The lowest BCUT2D eigenvalue weighted by Crippen LogP contribution is -2.47. The first kappa shape index (κ1) is 36.1. The highest BCUT2D eigenvalue weighted by atomic mass is 16.5. The van der Waals surface area contributed by atoms with Crippen molar-refractivity contribution in [3.8, 4) is 22.6 Å². The third kappa shape index (κ3) is 8.90. The van der Waals surface area contributed by atoms with Gasteiger partial charge in [-0.2, -0.15) is 0 Å². The van der Waals surface area contributed by atoms with Crippen LogP contribution in [0.15, 0.2) is 84.9 Å². The fourth-order valence-corrected chi connectivity index (χ4v) is 6.18. The Balaban J connectivity index is 1.21. The molecule has 1 saturated heterocycles. The van der Waals surface area contributed by atoms with Crippen molar-refractivity contribution in [1.82, 2.24) is 9.80 Å². The Morgan fingerprint density at radius 2 is 1.52 bits per heavy atom. The van der Waals surface area contributed by atoms with Crippen molar-refractivity contribution in [3.63, 3.8) is 0 Å². The van der Waals surface area contributed by atoms with E-state index in [9.17, 15) is 14.4 Å². The summed E-state index contributed by atoms with van der Waals surface area (Å²) in [5, 5.41) is 2.98. The van der Waals surface area contributed by atoms with Crippen molar-refractivity contribution in [2.75, 3.05) is 64.2 Å². The number of aryl methyl sites for hydroxylation is 2. The van der Waals surface area contributed by atoms with Crippen LogP contribution in [0.3, 0.4) is 0 Å². The van der Waals surface area contributed by atoms with Gasteiger partial charge in [0.15, 0.2) is 0 Å². The SMILES string of the molecule is COc1cc(C(=O)N(C)c2ccc(C)cc2OCCCCCC(=O)N2CCN(C)CC2)ccc1NC(=O)c1ccccc1-c1ccccc1C. The van der Waals surface area contributed by atoms with Crippen LogP contribution in [-0.4, -0.2) is 81.5 Å². The van der Waals surface area contributed by atoms with Crippen LogP contribution in [0.2, 0.25) is 0 Å². The summed E-state index contributed by atoms with van der Waals surface area (Å²) >= 11 is 0. The summed E-state index contributed by atoms with van der Waals surface area (Å²) in [6.07, 6.45) is 3.07. The van der Waals surface area contributed by atoms with Crippen LogP contribution in [-0.2, 0) is 4.79 Å². The number of piperazine rings is 1. The molecule has 0 bridgehead atoms. The van der Waals surface area contributed by atoms with E-state index in [4.69, 9.17) is 9.47 Å². The Morgan fingerprint density at radius 3 is 2.26 bits per heavy atom. The molecule has 9 nitrogen and oxygen atoms in total. The van der Waals surface area contributed by atoms with Crippen molar-refractivity contribution < 1.29 is 23.9 Å². The molecule has 9 heteroatoms. The minimum atomic E-state index is -0.276. The second-order valence-electron chi connectivity index (χ2n) is 12.9. The summed E-state index contributed by atoms with van der Waals surface area (Å²) in [4.78, 5) is 45.6. The van der Waals surface area contributed by atoms with E-state index in [-0.39, 0.29) is 17.7 Å². The minimum Gasteiger partial charge on any atom is -0.495 e. The van der Waals surface area contributed by atoms with E-state index in [1.54, 1.807) is 36.2 Å². The second kappa shape index (κ2) is 17.0. The summed E-state index contributed by atoms with van der Waals surface area (Å²) in [7, 11) is 5.31. The molecular formula is C41H48N4O5. The molecule has 0 aromatic heterocycles. The monoisotopic (exact) mass is 676 g/mol. The summed E-state index contributed by atoms with van der Waals surface area (Å²) in [5.41, 5.74) is 5.96. The highest BCUT2D eigenvalue weighted by molar-refractivity contribution is 6.10. The maximum Gasteiger partial charge on any atom is 0.258 e. The molecule has 0 radical (unpaired) electrons. The quantitative estimate of drug-likeness (QED) is 0.151. The summed E-state index contributed by atoms with van der Waals surface area (Å²) < 4.78 is 11.8. The molecule has 0 unspecified atom stereocenters. The molecule has 0 aliphatic carbocycles. The molecule has 0 saturated carbocycles.